The van der Waals surface area contributed by atoms with E-state index in [9.17, 15) is 4.79 Å². The Bertz CT molecular complexity index is 384. The number of halogens is 3. The van der Waals surface area contributed by atoms with Gasteiger partial charge in [-0.1, -0.05) is 27.5 Å². The molecule has 0 saturated heterocycles. The zero-order valence-corrected chi connectivity index (χ0v) is 12.8. The van der Waals surface area contributed by atoms with Gasteiger partial charge in [0.1, 0.15) is 0 Å². The smallest absolute Gasteiger partial charge is 0.253 e. The Labute approximate surface area is 117 Å². The Morgan fingerprint density at radius 3 is 2.75 bits per heavy atom. The van der Waals surface area contributed by atoms with Gasteiger partial charge in [0.15, 0.2) is 0 Å². The van der Waals surface area contributed by atoms with E-state index in [-0.39, 0.29) is 5.91 Å². The molecule has 88 valence electrons. The van der Waals surface area contributed by atoms with Crippen LogP contribution in [0.25, 0.3) is 0 Å². The Hall–Kier alpha value is -0.0600. The van der Waals surface area contributed by atoms with Crippen molar-refractivity contribution in [2.75, 3.05) is 18.9 Å². The van der Waals surface area contributed by atoms with Gasteiger partial charge in [0.05, 0.1) is 5.02 Å². The van der Waals surface area contributed by atoms with Crippen LogP contribution in [0.5, 0.6) is 0 Å². The molecule has 0 aromatic heterocycles. The highest BCUT2D eigenvalue weighted by Crippen LogP contribution is 2.23. The number of carbonyl (C=O) groups is 1. The number of rotatable bonds is 4. The maximum absolute atomic E-state index is 12.0. The summed E-state index contributed by atoms with van der Waals surface area (Å²) in [7, 11) is 1.79. The van der Waals surface area contributed by atoms with E-state index in [1.807, 2.05) is 0 Å². The summed E-state index contributed by atoms with van der Waals surface area (Å²) in [6.45, 7) is 0.734. The summed E-state index contributed by atoms with van der Waals surface area (Å²) in [5.74, 6) is -0.00431. The van der Waals surface area contributed by atoms with E-state index in [4.69, 9.17) is 11.6 Å². The van der Waals surface area contributed by atoms with E-state index >= 15 is 0 Å². The van der Waals surface area contributed by atoms with Crippen molar-refractivity contribution in [3.05, 3.63) is 33.3 Å². The highest BCUT2D eigenvalue weighted by molar-refractivity contribution is 9.10. The lowest BCUT2D eigenvalue weighted by Crippen LogP contribution is -2.27. The largest absolute Gasteiger partial charge is 0.342 e. The fourth-order valence-electron chi connectivity index (χ4n) is 1.25. The predicted octanol–water partition coefficient (Wildman–Crippen LogP) is 3.96. The van der Waals surface area contributed by atoms with Crippen LogP contribution in [0.15, 0.2) is 22.7 Å². The minimum Gasteiger partial charge on any atom is -0.342 e. The van der Waals surface area contributed by atoms with Crippen LogP contribution in [0.1, 0.15) is 16.8 Å². The van der Waals surface area contributed by atoms with Crippen molar-refractivity contribution in [3.8, 4) is 0 Å². The first kappa shape index (κ1) is 14.0. The molecular weight excluding hydrogens is 357 g/mol. The molecule has 0 radical (unpaired) electrons. The van der Waals surface area contributed by atoms with E-state index in [0.29, 0.717) is 10.6 Å². The molecule has 0 spiro atoms. The maximum atomic E-state index is 12.0. The Morgan fingerprint density at radius 2 is 2.19 bits per heavy atom. The van der Waals surface area contributed by atoms with Crippen LogP contribution in [0.3, 0.4) is 0 Å². The molecule has 0 aliphatic rings. The zero-order valence-electron chi connectivity index (χ0n) is 8.84. The van der Waals surface area contributed by atoms with E-state index in [1.165, 1.54) is 0 Å². The standard InChI is InChI=1S/C11H12Br2ClNO/c1-15(6-2-5-12)11(16)8-3-4-9(13)10(14)7-8/h3-4,7H,2,5-6H2,1H3. The van der Waals surface area contributed by atoms with E-state index in [0.717, 1.165) is 22.8 Å². The van der Waals surface area contributed by atoms with Gasteiger partial charge in [-0.2, -0.15) is 0 Å². The van der Waals surface area contributed by atoms with E-state index in [1.54, 1.807) is 30.1 Å². The fraction of sp³-hybridized carbons (Fsp3) is 0.364. The second kappa shape index (κ2) is 6.62. The summed E-state index contributed by atoms with van der Waals surface area (Å²) in [6, 6.07) is 5.23. The SMILES string of the molecule is CN(CCCBr)C(=O)c1ccc(Br)c(Cl)c1. The molecule has 1 aromatic rings. The molecule has 0 aliphatic carbocycles. The lowest BCUT2D eigenvalue weighted by Gasteiger charge is -2.16. The number of hydrogen-bond acceptors (Lipinski definition) is 1. The van der Waals surface area contributed by atoms with Crippen LogP contribution in [-0.4, -0.2) is 29.7 Å². The number of nitrogens with zero attached hydrogens (tertiary/aromatic N) is 1. The van der Waals surface area contributed by atoms with Crippen LogP contribution >= 0.6 is 43.5 Å². The van der Waals surface area contributed by atoms with Gasteiger partial charge in [-0.05, 0) is 40.5 Å². The second-order valence-electron chi connectivity index (χ2n) is 3.40. The molecule has 0 aliphatic heterocycles. The molecule has 0 N–H and O–H groups in total. The third-order valence-corrected chi connectivity index (χ3v) is 3.93. The normalized spacial score (nSPS) is 10.2. The molecule has 0 atom stereocenters. The lowest BCUT2D eigenvalue weighted by atomic mass is 10.2. The van der Waals surface area contributed by atoms with Gasteiger partial charge in [0, 0.05) is 29.0 Å². The second-order valence-corrected chi connectivity index (χ2v) is 5.45. The van der Waals surface area contributed by atoms with Crippen LogP contribution in [0.2, 0.25) is 5.02 Å². The molecule has 1 amide bonds. The zero-order chi connectivity index (χ0) is 12.1. The van der Waals surface area contributed by atoms with Crippen LogP contribution in [0.4, 0.5) is 0 Å². The average molecular weight is 369 g/mol. The van der Waals surface area contributed by atoms with Gasteiger partial charge in [0.2, 0.25) is 0 Å². The first-order valence-corrected chi connectivity index (χ1v) is 7.12. The van der Waals surface area contributed by atoms with Crippen molar-refractivity contribution in [2.24, 2.45) is 0 Å². The van der Waals surface area contributed by atoms with Crippen LogP contribution < -0.4 is 0 Å². The first-order valence-electron chi connectivity index (χ1n) is 4.82. The summed E-state index contributed by atoms with van der Waals surface area (Å²) < 4.78 is 0.800. The monoisotopic (exact) mass is 367 g/mol. The van der Waals surface area contributed by atoms with Gasteiger partial charge in [-0.15, -0.1) is 0 Å². The number of alkyl halides is 1. The molecule has 1 aromatic carbocycles. The molecule has 0 saturated carbocycles. The molecule has 1 rings (SSSR count). The molecule has 2 nitrogen and oxygen atoms in total. The number of benzene rings is 1. The number of amides is 1. The Balaban J connectivity index is 2.76. The minimum atomic E-state index is -0.00431. The molecule has 0 fully saturated rings. The molecule has 0 bridgehead atoms. The van der Waals surface area contributed by atoms with E-state index < -0.39 is 0 Å². The third-order valence-electron chi connectivity index (χ3n) is 2.14. The summed E-state index contributed by atoms with van der Waals surface area (Å²) in [6.07, 6.45) is 0.937. The van der Waals surface area contributed by atoms with Crippen molar-refractivity contribution < 1.29 is 4.79 Å². The van der Waals surface area contributed by atoms with Crippen molar-refractivity contribution >= 4 is 49.4 Å². The Kier molecular flexibility index (Phi) is 5.79. The predicted molar refractivity (Wildman–Crippen MR) is 74.5 cm³/mol. The molecule has 0 heterocycles. The maximum Gasteiger partial charge on any atom is 0.253 e. The van der Waals surface area contributed by atoms with Crippen LogP contribution in [0, 0.1) is 0 Å². The van der Waals surface area contributed by atoms with Crippen LogP contribution in [-0.2, 0) is 0 Å². The minimum absolute atomic E-state index is 0.00431. The van der Waals surface area contributed by atoms with E-state index in [2.05, 4.69) is 31.9 Å². The fourth-order valence-corrected chi connectivity index (χ4v) is 1.93. The van der Waals surface area contributed by atoms with Gasteiger partial charge in [-0.25, -0.2) is 0 Å². The van der Waals surface area contributed by atoms with Gasteiger partial charge in [0.25, 0.3) is 5.91 Å². The number of carbonyl (C=O) groups excluding carboxylic acids is 1. The lowest BCUT2D eigenvalue weighted by molar-refractivity contribution is 0.0795. The molecule has 16 heavy (non-hydrogen) atoms. The number of hydrogen-bond donors (Lipinski definition) is 0. The van der Waals surface area contributed by atoms with Gasteiger partial charge < -0.3 is 4.90 Å². The van der Waals surface area contributed by atoms with Crippen molar-refractivity contribution in [1.82, 2.24) is 4.90 Å². The topological polar surface area (TPSA) is 20.3 Å². The summed E-state index contributed by atoms with van der Waals surface area (Å²) >= 11 is 12.6. The van der Waals surface area contributed by atoms with Crippen molar-refractivity contribution in [3.63, 3.8) is 0 Å². The first-order chi connectivity index (χ1) is 7.56. The summed E-state index contributed by atoms with van der Waals surface area (Å²) in [4.78, 5) is 13.6. The average Bonchev–Trinajstić information content (AvgIpc) is 2.28. The van der Waals surface area contributed by atoms with Crippen molar-refractivity contribution in [1.29, 1.82) is 0 Å². The summed E-state index contributed by atoms with van der Waals surface area (Å²) in [5, 5.41) is 1.45. The summed E-state index contributed by atoms with van der Waals surface area (Å²) in [5.41, 5.74) is 0.616. The van der Waals surface area contributed by atoms with Crippen molar-refractivity contribution in [2.45, 2.75) is 6.42 Å². The highest BCUT2D eigenvalue weighted by atomic mass is 79.9. The van der Waals surface area contributed by atoms with Gasteiger partial charge >= 0.3 is 0 Å². The molecule has 0 unspecified atom stereocenters. The quantitative estimate of drug-likeness (QED) is 0.736. The highest BCUT2D eigenvalue weighted by Gasteiger charge is 2.12. The molecular formula is C11H12Br2ClNO. The Morgan fingerprint density at radius 1 is 1.50 bits per heavy atom. The van der Waals surface area contributed by atoms with Gasteiger partial charge in [-0.3, -0.25) is 4.79 Å². The third kappa shape index (κ3) is 3.75. The molecule has 5 heteroatoms.